The van der Waals surface area contributed by atoms with Gasteiger partial charge in [0.15, 0.2) is 0 Å². The van der Waals surface area contributed by atoms with Crippen molar-refractivity contribution in [1.82, 2.24) is 0 Å². The highest BCUT2D eigenvalue weighted by molar-refractivity contribution is 5.50. The molecule has 0 amide bonds. The molecule has 0 N–H and O–H groups in total. The van der Waals surface area contributed by atoms with Gasteiger partial charge in [0, 0.05) is 18.4 Å². The minimum absolute atomic E-state index is 0.527. The third kappa shape index (κ3) is 3.57. The van der Waals surface area contributed by atoms with E-state index in [9.17, 15) is 4.79 Å². The quantitative estimate of drug-likeness (QED) is 0.380. The molecule has 0 spiro atoms. The molecule has 1 rings (SSSR count). The first-order valence-electron chi connectivity index (χ1n) is 4.32. The highest BCUT2D eigenvalue weighted by Gasteiger charge is 1.85. The second-order valence-electron chi connectivity index (χ2n) is 2.88. The summed E-state index contributed by atoms with van der Waals surface area (Å²) in [6, 6.07) is 8.03. The zero-order valence-electron chi connectivity index (χ0n) is 7.71. The Bertz CT molecular complexity index is 342. The largest absolute Gasteiger partial charge is 0.303 e. The van der Waals surface area contributed by atoms with Crippen LogP contribution in [0.3, 0.4) is 0 Å². The van der Waals surface area contributed by atoms with E-state index in [1.807, 2.05) is 31.2 Å². The molecule has 0 aliphatic carbocycles. The summed E-state index contributed by atoms with van der Waals surface area (Å²) in [6.45, 7) is 2.04. The molecule has 1 heteroatoms. The normalized spacial score (nSPS) is 8.69. The van der Waals surface area contributed by atoms with Crippen LogP contribution in [0.4, 0.5) is 0 Å². The van der Waals surface area contributed by atoms with Gasteiger partial charge in [0.1, 0.15) is 6.29 Å². The van der Waals surface area contributed by atoms with Gasteiger partial charge in [-0.3, -0.25) is 0 Å². The van der Waals surface area contributed by atoms with Crippen LogP contribution < -0.4 is 0 Å². The Morgan fingerprint density at radius 2 is 2.31 bits per heavy atom. The lowest BCUT2D eigenvalue weighted by Gasteiger charge is -1.91. The zero-order chi connectivity index (χ0) is 9.52. The molecule has 1 aromatic carbocycles. The fourth-order valence-electron chi connectivity index (χ4n) is 1.02. The molecule has 1 nitrogen and oxygen atoms in total. The SMILES string of the molecule is Cc1cccc(C#CCCC=O)c1. The van der Waals surface area contributed by atoms with Crippen molar-refractivity contribution in [3.8, 4) is 11.8 Å². The highest BCUT2D eigenvalue weighted by Crippen LogP contribution is 2.01. The van der Waals surface area contributed by atoms with Crippen molar-refractivity contribution >= 4 is 6.29 Å². The number of hydrogen-bond acceptors (Lipinski definition) is 1. The summed E-state index contributed by atoms with van der Waals surface area (Å²) in [7, 11) is 0. The van der Waals surface area contributed by atoms with Crippen LogP contribution in [-0.2, 0) is 4.79 Å². The molecule has 0 fully saturated rings. The molecule has 66 valence electrons. The Balaban J connectivity index is 2.61. The molecule has 13 heavy (non-hydrogen) atoms. The summed E-state index contributed by atoms with van der Waals surface area (Å²) in [5.41, 5.74) is 2.23. The average molecular weight is 172 g/mol. The van der Waals surface area contributed by atoms with E-state index in [-0.39, 0.29) is 0 Å². The molecular formula is C12H12O. The summed E-state index contributed by atoms with van der Waals surface area (Å²) in [4.78, 5) is 10.0. The molecule has 0 radical (unpaired) electrons. The van der Waals surface area contributed by atoms with Crippen LogP contribution in [0.5, 0.6) is 0 Å². The molecule has 0 saturated heterocycles. The van der Waals surface area contributed by atoms with Crippen molar-refractivity contribution in [2.24, 2.45) is 0 Å². The Morgan fingerprint density at radius 3 is 3.00 bits per heavy atom. The van der Waals surface area contributed by atoms with E-state index in [2.05, 4.69) is 11.8 Å². The van der Waals surface area contributed by atoms with E-state index in [1.165, 1.54) is 5.56 Å². The van der Waals surface area contributed by atoms with Crippen LogP contribution >= 0.6 is 0 Å². The Hall–Kier alpha value is -1.55. The maximum atomic E-state index is 10.0. The van der Waals surface area contributed by atoms with Gasteiger partial charge in [0.25, 0.3) is 0 Å². The Labute approximate surface area is 78.8 Å². The van der Waals surface area contributed by atoms with Crippen molar-refractivity contribution in [2.45, 2.75) is 19.8 Å². The molecular weight excluding hydrogens is 160 g/mol. The van der Waals surface area contributed by atoms with Gasteiger partial charge in [-0.05, 0) is 24.6 Å². The van der Waals surface area contributed by atoms with Crippen LogP contribution in [-0.4, -0.2) is 6.29 Å². The third-order valence-corrected chi connectivity index (χ3v) is 1.64. The van der Waals surface area contributed by atoms with Gasteiger partial charge in [-0.15, -0.1) is 0 Å². The number of aryl methyl sites for hydroxylation is 1. The first kappa shape index (κ1) is 9.54. The number of carbonyl (C=O) groups is 1. The summed E-state index contributed by atoms with van der Waals surface area (Å²) in [5, 5.41) is 0. The Morgan fingerprint density at radius 1 is 1.46 bits per heavy atom. The lowest BCUT2D eigenvalue weighted by Crippen LogP contribution is -1.76. The van der Waals surface area contributed by atoms with Gasteiger partial charge in [-0.2, -0.15) is 0 Å². The summed E-state index contributed by atoms with van der Waals surface area (Å²) >= 11 is 0. The molecule has 0 unspecified atom stereocenters. The molecule has 0 heterocycles. The molecule has 0 bridgehead atoms. The lowest BCUT2D eigenvalue weighted by molar-refractivity contribution is -0.107. The monoisotopic (exact) mass is 172 g/mol. The molecule has 0 saturated carbocycles. The molecule has 0 aromatic heterocycles. The number of rotatable bonds is 2. The summed E-state index contributed by atoms with van der Waals surface area (Å²) in [5.74, 6) is 5.96. The number of carbonyl (C=O) groups excluding carboxylic acids is 1. The van der Waals surface area contributed by atoms with E-state index in [4.69, 9.17) is 0 Å². The first-order chi connectivity index (χ1) is 6.33. The van der Waals surface area contributed by atoms with Crippen molar-refractivity contribution in [2.75, 3.05) is 0 Å². The van der Waals surface area contributed by atoms with E-state index in [0.717, 1.165) is 11.8 Å². The number of aldehydes is 1. The topological polar surface area (TPSA) is 17.1 Å². The van der Waals surface area contributed by atoms with Crippen LogP contribution in [0.1, 0.15) is 24.0 Å². The maximum Gasteiger partial charge on any atom is 0.120 e. The second kappa shape index (κ2) is 5.16. The fourth-order valence-corrected chi connectivity index (χ4v) is 1.02. The van der Waals surface area contributed by atoms with E-state index < -0.39 is 0 Å². The molecule has 0 aliphatic heterocycles. The third-order valence-electron chi connectivity index (χ3n) is 1.64. The first-order valence-corrected chi connectivity index (χ1v) is 4.32. The number of benzene rings is 1. The second-order valence-corrected chi connectivity index (χ2v) is 2.88. The van der Waals surface area contributed by atoms with Gasteiger partial charge >= 0.3 is 0 Å². The minimum atomic E-state index is 0.527. The number of unbranched alkanes of at least 4 members (excludes halogenated alkanes) is 1. The van der Waals surface area contributed by atoms with Crippen LogP contribution in [0.15, 0.2) is 24.3 Å². The minimum Gasteiger partial charge on any atom is -0.303 e. The van der Waals surface area contributed by atoms with Gasteiger partial charge < -0.3 is 4.79 Å². The smallest absolute Gasteiger partial charge is 0.120 e. The van der Waals surface area contributed by atoms with Gasteiger partial charge in [-0.25, -0.2) is 0 Å². The van der Waals surface area contributed by atoms with E-state index in [1.54, 1.807) is 0 Å². The van der Waals surface area contributed by atoms with Gasteiger partial charge in [0.2, 0.25) is 0 Å². The van der Waals surface area contributed by atoms with Crippen molar-refractivity contribution < 1.29 is 4.79 Å². The Kier molecular flexibility index (Phi) is 3.78. The lowest BCUT2D eigenvalue weighted by atomic mass is 10.1. The van der Waals surface area contributed by atoms with Crippen LogP contribution in [0.25, 0.3) is 0 Å². The zero-order valence-corrected chi connectivity index (χ0v) is 7.71. The van der Waals surface area contributed by atoms with E-state index in [0.29, 0.717) is 12.8 Å². The molecule has 0 atom stereocenters. The van der Waals surface area contributed by atoms with Crippen LogP contribution in [0, 0.1) is 18.8 Å². The number of hydrogen-bond donors (Lipinski definition) is 0. The van der Waals surface area contributed by atoms with Crippen molar-refractivity contribution in [3.05, 3.63) is 35.4 Å². The fraction of sp³-hybridized carbons (Fsp3) is 0.250. The van der Waals surface area contributed by atoms with Crippen molar-refractivity contribution in [1.29, 1.82) is 0 Å². The predicted octanol–water partition coefficient (Wildman–Crippen LogP) is 2.33. The van der Waals surface area contributed by atoms with Gasteiger partial charge in [-0.1, -0.05) is 24.0 Å². The molecule has 1 aromatic rings. The average Bonchev–Trinajstić information content (AvgIpc) is 2.13. The van der Waals surface area contributed by atoms with E-state index >= 15 is 0 Å². The standard InChI is InChI=1S/C12H12O/c1-11-6-5-8-12(10-11)7-3-2-4-9-13/h5-6,8-10H,2,4H2,1H3. The van der Waals surface area contributed by atoms with Crippen molar-refractivity contribution in [3.63, 3.8) is 0 Å². The van der Waals surface area contributed by atoms with Crippen LogP contribution in [0.2, 0.25) is 0 Å². The predicted molar refractivity (Wildman–Crippen MR) is 53.4 cm³/mol. The summed E-state index contributed by atoms with van der Waals surface area (Å²) < 4.78 is 0. The maximum absolute atomic E-state index is 10.0. The molecule has 0 aliphatic rings. The van der Waals surface area contributed by atoms with Gasteiger partial charge in [0.05, 0.1) is 0 Å². The summed E-state index contributed by atoms with van der Waals surface area (Å²) in [6.07, 6.45) is 2.07. The highest BCUT2D eigenvalue weighted by atomic mass is 16.1.